The van der Waals surface area contributed by atoms with Crippen LogP contribution in [-0.2, 0) is 19.6 Å². The minimum Gasteiger partial charge on any atom is -0.377 e. The van der Waals surface area contributed by atoms with Crippen LogP contribution in [0.15, 0.2) is 89.8 Å². The first kappa shape index (κ1) is 23.2. The van der Waals surface area contributed by atoms with Gasteiger partial charge >= 0.3 is 0 Å². The Morgan fingerprint density at radius 3 is 2.06 bits per heavy atom. The number of carbonyl (C=O) groups is 1. The number of anilines is 1. The van der Waals surface area contributed by atoms with Crippen LogP contribution in [0.5, 0.6) is 0 Å². The van der Waals surface area contributed by atoms with Gasteiger partial charge in [0.1, 0.15) is 0 Å². The van der Waals surface area contributed by atoms with E-state index >= 15 is 0 Å². The standard InChI is InChI=1S/C26H28N2O4S/c29-26(18-25(20-8-3-1-4-9-20)21-10-5-2-6-11-21)28-22-13-15-24(16-14-22)33(30,31)27-19-23-12-7-17-32-23/h1-6,8-11,13-16,23,25,27H,7,12,17-19H2,(H,28,29). The molecule has 1 heterocycles. The number of rotatable bonds is 9. The number of amides is 1. The molecule has 0 aromatic heterocycles. The molecule has 1 atom stereocenters. The van der Waals surface area contributed by atoms with Crippen molar-refractivity contribution in [3.63, 3.8) is 0 Å². The molecular formula is C26H28N2O4S. The lowest BCUT2D eigenvalue weighted by Gasteiger charge is -2.18. The van der Waals surface area contributed by atoms with Gasteiger partial charge in [-0.25, -0.2) is 13.1 Å². The van der Waals surface area contributed by atoms with Crippen LogP contribution in [0.25, 0.3) is 0 Å². The van der Waals surface area contributed by atoms with E-state index in [1.807, 2.05) is 60.7 Å². The molecule has 3 aromatic carbocycles. The molecule has 4 rings (SSSR count). The molecule has 6 nitrogen and oxygen atoms in total. The molecule has 1 aliphatic heterocycles. The first-order chi connectivity index (χ1) is 16.0. The van der Waals surface area contributed by atoms with Crippen LogP contribution >= 0.6 is 0 Å². The van der Waals surface area contributed by atoms with Crippen LogP contribution in [0.2, 0.25) is 0 Å². The molecule has 1 aliphatic rings. The van der Waals surface area contributed by atoms with Crippen molar-refractivity contribution in [2.24, 2.45) is 0 Å². The summed E-state index contributed by atoms with van der Waals surface area (Å²) in [5, 5.41) is 2.89. The van der Waals surface area contributed by atoms with Crippen molar-refractivity contribution in [3.05, 3.63) is 96.1 Å². The molecule has 7 heteroatoms. The molecule has 172 valence electrons. The molecule has 33 heavy (non-hydrogen) atoms. The number of sulfonamides is 1. The van der Waals surface area contributed by atoms with Gasteiger partial charge in [-0.3, -0.25) is 4.79 Å². The monoisotopic (exact) mass is 464 g/mol. The van der Waals surface area contributed by atoms with Gasteiger partial charge in [-0.2, -0.15) is 0 Å². The second-order valence-corrected chi connectivity index (χ2v) is 9.90. The van der Waals surface area contributed by atoms with E-state index in [0.29, 0.717) is 12.3 Å². The lowest BCUT2D eigenvalue weighted by Crippen LogP contribution is -2.31. The molecule has 3 aromatic rings. The van der Waals surface area contributed by atoms with E-state index < -0.39 is 10.0 Å². The Balaban J connectivity index is 1.40. The number of hydrogen-bond acceptors (Lipinski definition) is 4. The summed E-state index contributed by atoms with van der Waals surface area (Å²) >= 11 is 0. The fourth-order valence-corrected chi connectivity index (χ4v) is 5.07. The Labute approximate surface area is 195 Å². The predicted molar refractivity (Wildman–Crippen MR) is 129 cm³/mol. The fourth-order valence-electron chi connectivity index (χ4n) is 4.00. The normalized spacial score (nSPS) is 16.1. The quantitative estimate of drug-likeness (QED) is 0.494. The first-order valence-electron chi connectivity index (χ1n) is 11.1. The topological polar surface area (TPSA) is 84.5 Å². The second kappa shape index (κ2) is 10.7. The van der Waals surface area contributed by atoms with Crippen molar-refractivity contribution in [2.45, 2.75) is 36.2 Å². The van der Waals surface area contributed by atoms with E-state index in [9.17, 15) is 13.2 Å². The van der Waals surface area contributed by atoms with Crippen LogP contribution < -0.4 is 10.0 Å². The number of benzene rings is 3. The zero-order valence-corrected chi connectivity index (χ0v) is 19.1. The van der Waals surface area contributed by atoms with Crippen molar-refractivity contribution < 1.29 is 17.9 Å². The van der Waals surface area contributed by atoms with Gasteiger partial charge in [-0.15, -0.1) is 0 Å². The highest BCUT2D eigenvalue weighted by molar-refractivity contribution is 7.89. The Hall–Kier alpha value is -3.00. The van der Waals surface area contributed by atoms with Crippen LogP contribution in [0.1, 0.15) is 36.3 Å². The van der Waals surface area contributed by atoms with E-state index in [1.165, 1.54) is 12.1 Å². The summed E-state index contributed by atoms with van der Waals surface area (Å²) in [5.74, 6) is -0.214. The summed E-state index contributed by atoms with van der Waals surface area (Å²) in [6.07, 6.45) is 2.02. The van der Waals surface area contributed by atoms with E-state index in [4.69, 9.17) is 4.74 Å². The highest BCUT2D eigenvalue weighted by Crippen LogP contribution is 2.28. The Morgan fingerprint density at radius 1 is 0.909 bits per heavy atom. The van der Waals surface area contributed by atoms with Crippen LogP contribution in [0, 0.1) is 0 Å². The average molecular weight is 465 g/mol. The van der Waals surface area contributed by atoms with E-state index in [1.54, 1.807) is 12.1 Å². The largest absolute Gasteiger partial charge is 0.377 e. The third-order valence-corrected chi connectivity index (χ3v) is 7.21. The summed E-state index contributed by atoms with van der Waals surface area (Å²) in [6.45, 7) is 0.942. The Morgan fingerprint density at radius 2 is 1.52 bits per heavy atom. The van der Waals surface area contributed by atoms with E-state index in [2.05, 4.69) is 10.0 Å². The zero-order valence-electron chi connectivity index (χ0n) is 18.3. The minimum absolute atomic E-state index is 0.0690. The van der Waals surface area contributed by atoms with E-state index in [0.717, 1.165) is 24.0 Å². The van der Waals surface area contributed by atoms with Gasteiger partial charge in [0.25, 0.3) is 0 Å². The maximum absolute atomic E-state index is 12.8. The highest BCUT2D eigenvalue weighted by atomic mass is 32.2. The summed E-state index contributed by atoms with van der Waals surface area (Å²) < 4.78 is 33.1. The van der Waals surface area contributed by atoms with Crippen molar-refractivity contribution >= 4 is 21.6 Å². The van der Waals surface area contributed by atoms with Gasteiger partial charge < -0.3 is 10.1 Å². The second-order valence-electron chi connectivity index (χ2n) is 8.14. The molecule has 0 spiro atoms. The summed E-state index contributed by atoms with van der Waals surface area (Å²) in [7, 11) is -3.63. The summed E-state index contributed by atoms with van der Waals surface area (Å²) in [6, 6.07) is 26.1. The van der Waals surface area contributed by atoms with E-state index in [-0.39, 0.29) is 35.8 Å². The zero-order chi connectivity index (χ0) is 23.1. The summed E-state index contributed by atoms with van der Waals surface area (Å²) in [5.41, 5.74) is 2.69. The molecule has 1 unspecified atom stereocenters. The van der Waals surface area contributed by atoms with Gasteiger partial charge in [0.2, 0.25) is 15.9 Å². The number of ether oxygens (including phenoxy) is 1. The Kier molecular flexibility index (Phi) is 7.54. The highest BCUT2D eigenvalue weighted by Gasteiger charge is 2.21. The number of hydrogen-bond donors (Lipinski definition) is 2. The molecule has 1 saturated heterocycles. The third-order valence-electron chi connectivity index (χ3n) is 5.77. The van der Waals surface area contributed by atoms with Gasteiger partial charge in [-0.05, 0) is 48.2 Å². The van der Waals surface area contributed by atoms with Crippen LogP contribution in [0.3, 0.4) is 0 Å². The number of nitrogens with one attached hydrogen (secondary N) is 2. The average Bonchev–Trinajstić information content (AvgIpc) is 3.37. The van der Waals surface area contributed by atoms with Crippen LogP contribution in [-0.4, -0.2) is 33.6 Å². The SMILES string of the molecule is O=C(CC(c1ccccc1)c1ccccc1)Nc1ccc(S(=O)(=O)NCC2CCCO2)cc1. The maximum Gasteiger partial charge on any atom is 0.240 e. The van der Waals surface area contributed by atoms with Gasteiger partial charge in [0, 0.05) is 31.2 Å². The first-order valence-corrected chi connectivity index (χ1v) is 12.6. The molecular weight excluding hydrogens is 436 g/mol. The third kappa shape index (κ3) is 6.28. The van der Waals surface area contributed by atoms with Crippen molar-refractivity contribution in [1.82, 2.24) is 4.72 Å². The maximum atomic E-state index is 12.8. The summed E-state index contributed by atoms with van der Waals surface area (Å²) in [4.78, 5) is 13.0. The Bertz CT molecular complexity index is 1100. The lowest BCUT2D eigenvalue weighted by molar-refractivity contribution is -0.116. The number of carbonyl (C=O) groups excluding carboxylic acids is 1. The van der Waals surface area contributed by atoms with Gasteiger partial charge in [0.15, 0.2) is 0 Å². The molecule has 0 bridgehead atoms. The van der Waals surface area contributed by atoms with Crippen molar-refractivity contribution in [2.75, 3.05) is 18.5 Å². The molecule has 2 N–H and O–H groups in total. The molecule has 1 fully saturated rings. The molecule has 0 radical (unpaired) electrons. The fraction of sp³-hybridized carbons (Fsp3) is 0.269. The van der Waals surface area contributed by atoms with Gasteiger partial charge in [-0.1, -0.05) is 60.7 Å². The molecule has 0 aliphatic carbocycles. The molecule has 1 amide bonds. The predicted octanol–water partition coefficient (Wildman–Crippen LogP) is 4.30. The van der Waals surface area contributed by atoms with Gasteiger partial charge in [0.05, 0.1) is 11.0 Å². The molecule has 0 saturated carbocycles. The van der Waals surface area contributed by atoms with Crippen LogP contribution in [0.4, 0.5) is 5.69 Å². The van der Waals surface area contributed by atoms with Crippen molar-refractivity contribution in [3.8, 4) is 0 Å². The smallest absolute Gasteiger partial charge is 0.240 e. The minimum atomic E-state index is -3.63. The lowest BCUT2D eigenvalue weighted by atomic mass is 9.88. The van der Waals surface area contributed by atoms with Crippen molar-refractivity contribution in [1.29, 1.82) is 0 Å².